The molecule has 2 aromatic carbocycles. The van der Waals surface area contributed by atoms with Crippen molar-refractivity contribution in [1.29, 1.82) is 0 Å². The average molecular weight is 367 g/mol. The first kappa shape index (κ1) is 18.3. The summed E-state index contributed by atoms with van der Waals surface area (Å²) in [5.74, 6) is 1.37. The molecule has 0 saturated carbocycles. The number of pyridine rings is 1. The van der Waals surface area contributed by atoms with Crippen LogP contribution in [-0.4, -0.2) is 32.3 Å². The van der Waals surface area contributed by atoms with E-state index in [1.54, 1.807) is 12.1 Å². The van der Waals surface area contributed by atoms with Crippen molar-refractivity contribution < 1.29 is 19.0 Å². The molecule has 140 valence electrons. The number of aromatic nitrogens is 1. The van der Waals surface area contributed by atoms with E-state index in [0.717, 1.165) is 16.6 Å². The highest BCUT2D eigenvalue weighted by molar-refractivity contribution is 6.05. The van der Waals surface area contributed by atoms with Gasteiger partial charge in [-0.25, -0.2) is 4.79 Å². The largest absolute Gasteiger partial charge is 0.493 e. The van der Waals surface area contributed by atoms with Crippen LogP contribution in [0.3, 0.4) is 0 Å². The highest BCUT2D eigenvalue weighted by atomic mass is 16.5. The molecule has 2 amide bonds. The monoisotopic (exact) mass is 367 g/mol. The molecular weight excluding hydrogens is 346 g/mol. The second-order valence-corrected chi connectivity index (χ2v) is 5.82. The summed E-state index contributed by atoms with van der Waals surface area (Å²) in [6.07, 6.45) is 0. The van der Waals surface area contributed by atoms with Gasteiger partial charge in [0, 0.05) is 23.2 Å². The SMILES string of the molecule is COc1cc(NC(=O)Nc2cc(C)nc3ccccc23)cc(OC)c1OC. The van der Waals surface area contributed by atoms with Gasteiger partial charge in [-0.2, -0.15) is 0 Å². The molecule has 0 aliphatic carbocycles. The average Bonchev–Trinajstić information content (AvgIpc) is 2.66. The Balaban J connectivity index is 1.87. The topological polar surface area (TPSA) is 81.7 Å². The van der Waals surface area contributed by atoms with E-state index in [-0.39, 0.29) is 6.03 Å². The fourth-order valence-electron chi connectivity index (χ4n) is 2.85. The van der Waals surface area contributed by atoms with E-state index in [0.29, 0.717) is 28.6 Å². The van der Waals surface area contributed by atoms with Gasteiger partial charge in [0.15, 0.2) is 11.5 Å². The van der Waals surface area contributed by atoms with Gasteiger partial charge in [-0.1, -0.05) is 18.2 Å². The minimum Gasteiger partial charge on any atom is -0.493 e. The Hall–Kier alpha value is -3.48. The van der Waals surface area contributed by atoms with E-state index in [9.17, 15) is 4.79 Å². The van der Waals surface area contributed by atoms with Crippen LogP contribution in [0.15, 0.2) is 42.5 Å². The first-order valence-electron chi connectivity index (χ1n) is 8.30. The summed E-state index contributed by atoms with van der Waals surface area (Å²) in [6, 6.07) is 12.4. The van der Waals surface area contributed by atoms with Gasteiger partial charge in [0.25, 0.3) is 0 Å². The number of benzene rings is 2. The zero-order chi connectivity index (χ0) is 19.4. The Kier molecular flexibility index (Phi) is 5.30. The summed E-state index contributed by atoms with van der Waals surface area (Å²) >= 11 is 0. The zero-order valence-corrected chi connectivity index (χ0v) is 15.6. The van der Waals surface area contributed by atoms with Crippen LogP contribution in [0.2, 0.25) is 0 Å². The van der Waals surface area contributed by atoms with Crippen LogP contribution in [0.5, 0.6) is 17.2 Å². The molecule has 3 aromatic rings. The Bertz CT molecular complexity index is 963. The lowest BCUT2D eigenvalue weighted by molar-refractivity contribution is 0.262. The van der Waals surface area contributed by atoms with Crippen molar-refractivity contribution in [3.8, 4) is 17.2 Å². The van der Waals surface area contributed by atoms with Gasteiger partial charge in [-0.15, -0.1) is 0 Å². The second-order valence-electron chi connectivity index (χ2n) is 5.82. The number of para-hydroxylation sites is 1. The van der Waals surface area contributed by atoms with Gasteiger partial charge in [0.05, 0.1) is 38.2 Å². The third-order valence-electron chi connectivity index (χ3n) is 4.02. The van der Waals surface area contributed by atoms with E-state index >= 15 is 0 Å². The molecule has 0 fully saturated rings. The number of anilines is 2. The lowest BCUT2D eigenvalue weighted by Crippen LogP contribution is -2.20. The van der Waals surface area contributed by atoms with Crippen molar-refractivity contribution in [2.45, 2.75) is 6.92 Å². The first-order chi connectivity index (χ1) is 13.0. The molecule has 0 bridgehead atoms. The first-order valence-corrected chi connectivity index (χ1v) is 8.30. The van der Waals surface area contributed by atoms with Crippen molar-refractivity contribution in [1.82, 2.24) is 4.98 Å². The summed E-state index contributed by atoms with van der Waals surface area (Å²) in [4.78, 5) is 17.0. The van der Waals surface area contributed by atoms with Gasteiger partial charge < -0.3 is 24.8 Å². The number of aryl methyl sites for hydroxylation is 1. The molecule has 0 aliphatic heterocycles. The molecule has 0 unspecified atom stereocenters. The van der Waals surface area contributed by atoms with Crippen LogP contribution in [0.4, 0.5) is 16.2 Å². The standard InChI is InChI=1S/C20H21N3O4/c1-12-9-16(14-7-5-6-8-15(14)21-12)23-20(24)22-13-10-17(25-2)19(27-4)18(11-13)26-3/h5-11H,1-4H3,(H2,21,22,23,24). The summed E-state index contributed by atoms with van der Waals surface area (Å²) < 4.78 is 15.9. The van der Waals surface area contributed by atoms with Crippen molar-refractivity contribution in [3.05, 3.63) is 48.2 Å². The quantitative estimate of drug-likeness (QED) is 0.706. The number of fused-ring (bicyclic) bond motifs is 1. The predicted molar refractivity (Wildman–Crippen MR) is 105 cm³/mol. The molecular formula is C20H21N3O4. The van der Waals surface area contributed by atoms with Gasteiger partial charge in [0.2, 0.25) is 5.75 Å². The summed E-state index contributed by atoms with van der Waals surface area (Å²) in [7, 11) is 4.57. The molecule has 0 saturated heterocycles. The molecule has 0 radical (unpaired) electrons. The Morgan fingerprint density at radius 1 is 0.926 bits per heavy atom. The van der Waals surface area contributed by atoms with Crippen molar-refractivity contribution in [2.24, 2.45) is 0 Å². The van der Waals surface area contributed by atoms with Crippen LogP contribution in [0, 0.1) is 6.92 Å². The fraction of sp³-hybridized carbons (Fsp3) is 0.200. The molecule has 7 heteroatoms. The third-order valence-corrected chi connectivity index (χ3v) is 4.02. The van der Waals surface area contributed by atoms with E-state index in [2.05, 4.69) is 15.6 Å². The Labute approximate surface area is 157 Å². The van der Waals surface area contributed by atoms with Crippen LogP contribution in [0.1, 0.15) is 5.69 Å². The number of hydrogen-bond donors (Lipinski definition) is 2. The van der Waals surface area contributed by atoms with Crippen LogP contribution in [0.25, 0.3) is 10.9 Å². The van der Waals surface area contributed by atoms with Crippen molar-refractivity contribution in [2.75, 3.05) is 32.0 Å². The summed E-state index contributed by atoms with van der Waals surface area (Å²) in [5, 5.41) is 6.53. The maximum Gasteiger partial charge on any atom is 0.323 e. The molecule has 0 spiro atoms. The summed E-state index contributed by atoms with van der Waals surface area (Å²) in [5.41, 5.74) is 2.83. The number of methoxy groups -OCH3 is 3. The maximum atomic E-state index is 12.5. The highest BCUT2D eigenvalue weighted by Crippen LogP contribution is 2.40. The van der Waals surface area contributed by atoms with E-state index in [1.165, 1.54) is 21.3 Å². The minimum atomic E-state index is -0.389. The van der Waals surface area contributed by atoms with E-state index in [4.69, 9.17) is 14.2 Å². The molecule has 0 aliphatic rings. The number of urea groups is 1. The van der Waals surface area contributed by atoms with Gasteiger partial charge in [-0.05, 0) is 19.1 Å². The number of hydrogen-bond acceptors (Lipinski definition) is 5. The number of nitrogens with zero attached hydrogens (tertiary/aromatic N) is 1. The zero-order valence-electron chi connectivity index (χ0n) is 15.6. The number of rotatable bonds is 5. The van der Waals surface area contributed by atoms with E-state index in [1.807, 2.05) is 37.3 Å². The molecule has 27 heavy (non-hydrogen) atoms. The lowest BCUT2D eigenvalue weighted by Gasteiger charge is -2.15. The van der Waals surface area contributed by atoms with Crippen LogP contribution in [-0.2, 0) is 0 Å². The third kappa shape index (κ3) is 3.87. The van der Waals surface area contributed by atoms with Crippen LogP contribution < -0.4 is 24.8 Å². The van der Waals surface area contributed by atoms with Gasteiger partial charge in [0.1, 0.15) is 0 Å². The smallest absolute Gasteiger partial charge is 0.323 e. The fourth-order valence-corrected chi connectivity index (χ4v) is 2.85. The number of carbonyl (C=O) groups is 1. The van der Waals surface area contributed by atoms with Gasteiger partial charge in [-0.3, -0.25) is 4.98 Å². The number of carbonyl (C=O) groups excluding carboxylic acids is 1. The molecule has 7 nitrogen and oxygen atoms in total. The van der Waals surface area contributed by atoms with Crippen molar-refractivity contribution >= 4 is 28.3 Å². The van der Waals surface area contributed by atoms with Crippen LogP contribution >= 0.6 is 0 Å². The number of nitrogens with one attached hydrogen (secondary N) is 2. The highest BCUT2D eigenvalue weighted by Gasteiger charge is 2.15. The maximum absolute atomic E-state index is 12.5. The Morgan fingerprint density at radius 3 is 2.22 bits per heavy atom. The minimum absolute atomic E-state index is 0.389. The summed E-state index contributed by atoms with van der Waals surface area (Å²) in [6.45, 7) is 1.88. The molecule has 1 heterocycles. The second kappa shape index (κ2) is 7.82. The Morgan fingerprint density at radius 2 is 1.59 bits per heavy atom. The predicted octanol–water partition coefficient (Wildman–Crippen LogP) is 4.21. The molecule has 3 rings (SSSR count). The van der Waals surface area contributed by atoms with E-state index < -0.39 is 0 Å². The molecule has 1 aromatic heterocycles. The molecule has 0 atom stereocenters. The lowest BCUT2D eigenvalue weighted by atomic mass is 10.1. The van der Waals surface area contributed by atoms with Gasteiger partial charge >= 0.3 is 6.03 Å². The normalized spacial score (nSPS) is 10.4. The number of amides is 2. The number of ether oxygens (including phenoxy) is 3. The molecule has 2 N–H and O–H groups in total. The van der Waals surface area contributed by atoms with Crippen molar-refractivity contribution in [3.63, 3.8) is 0 Å².